The molecule has 2 aromatic rings. The number of nitrogens with zero attached hydrogens (tertiary/aromatic N) is 2. The average molecular weight is 568 g/mol. The fourth-order valence-corrected chi connectivity index (χ4v) is 3.80. The average Bonchev–Trinajstić information content (AvgIpc) is 3.33. The second-order valence-corrected chi connectivity index (χ2v) is 8.46. The largest absolute Gasteiger partial charge is 0.467 e. The molecule has 0 saturated carbocycles. The molecule has 2 heterocycles. The van der Waals surface area contributed by atoms with Gasteiger partial charge in [-0.05, 0) is 81.6 Å². The van der Waals surface area contributed by atoms with E-state index >= 15 is 0 Å². The van der Waals surface area contributed by atoms with Crippen molar-refractivity contribution < 1.29 is 9.21 Å². The first-order valence-electron chi connectivity index (χ1n) is 11.8. The molecule has 1 aromatic carbocycles. The Morgan fingerprint density at radius 3 is 2.70 bits per heavy atom. The van der Waals surface area contributed by atoms with E-state index in [4.69, 9.17) is 9.41 Å². The highest BCUT2D eigenvalue weighted by atomic mass is 127. The third-order valence-electron chi connectivity index (χ3n) is 5.78. The van der Waals surface area contributed by atoms with Crippen LogP contribution in [0.15, 0.2) is 52.1 Å². The number of benzene rings is 1. The molecular formula is C25H38IN5O2. The first kappa shape index (κ1) is 27.2. The topological polar surface area (TPSA) is 81.9 Å². The predicted octanol–water partition coefficient (Wildman–Crippen LogP) is 4.00. The summed E-state index contributed by atoms with van der Waals surface area (Å²) in [5.41, 5.74) is 1.62. The van der Waals surface area contributed by atoms with E-state index < -0.39 is 0 Å². The SMILES string of the molecule is CCNC(=NCc1cccc(C(=O)NCc2ccco2)c1)NCCCN1CCC(C)CC1.I. The van der Waals surface area contributed by atoms with Crippen LogP contribution in [0.2, 0.25) is 0 Å². The second-order valence-electron chi connectivity index (χ2n) is 8.46. The van der Waals surface area contributed by atoms with Crippen molar-refractivity contribution in [1.29, 1.82) is 0 Å². The van der Waals surface area contributed by atoms with Crippen molar-refractivity contribution in [3.05, 3.63) is 59.5 Å². The molecule has 1 fully saturated rings. The summed E-state index contributed by atoms with van der Waals surface area (Å²) < 4.78 is 5.26. The highest BCUT2D eigenvalue weighted by Gasteiger charge is 2.14. The van der Waals surface area contributed by atoms with Crippen LogP contribution in [0.3, 0.4) is 0 Å². The lowest BCUT2D eigenvalue weighted by molar-refractivity contribution is 0.0948. The summed E-state index contributed by atoms with van der Waals surface area (Å²) in [7, 11) is 0. The minimum Gasteiger partial charge on any atom is -0.467 e. The third kappa shape index (κ3) is 9.75. The van der Waals surface area contributed by atoms with E-state index in [1.807, 2.05) is 36.4 Å². The number of carbonyl (C=O) groups excluding carboxylic acids is 1. The first-order valence-corrected chi connectivity index (χ1v) is 11.8. The molecule has 0 atom stereocenters. The van der Waals surface area contributed by atoms with Crippen LogP contribution in [0, 0.1) is 5.92 Å². The van der Waals surface area contributed by atoms with Crippen molar-refractivity contribution in [2.75, 3.05) is 32.7 Å². The number of amides is 1. The maximum absolute atomic E-state index is 12.4. The molecule has 8 heteroatoms. The van der Waals surface area contributed by atoms with E-state index in [0.717, 1.165) is 49.3 Å². The molecule has 182 valence electrons. The number of hydrogen-bond donors (Lipinski definition) is 3. The van der Waals surface area contributed by atoms with E-state index in [2.05, 4.69) is 34.7 Å². The van der Waals surface area contributed by atoms with Crippen molar-refractivity contribution >= 4 is 35.8 Å². The zero-order valence-corrected chi connectivity index (χ0v) is 22.1. The van der Waals surface area contributed by atoms with Crippen molar-refractivity contribution in [2.24, 2.45) is 10.9 Å². The van der Waals surface area contributed by atoms with Crippen LogP contribution in [-0.4, -0.2) is 49.5 Å². The molecule has 0 bridgehead atoms. The lowest BCUT2D eigenvalue weighted by atomic mass is 9.99. The molecule has 1 amide bonds. The van der Waals surface area contributed by atoms with Crippen LogP contribution in [0.1, 0.15) is 54.8 Å². The number of hydrogen-bond acceptors (Lipinski definition) is 4. The summed E-state index contributed by atoms with van der Waals surface area (Å²) in [5, 5.41) is 9.62. The van der Waals surface area contributed by atoms with Gasteiger partial charge in [0.1, 0.15) is 5.76 Å². The van der Waals surface area contributed by atoms with Crippen LogP contribution >= 0.6 is 24.0 Å². The molecule has 1 aliphatic heterocycles. The summed E-state index contributed by atoms with van der Waals surface area (Å²) >= 11 is 0. The number of nitrogens with one attached hydrogen (secondary N) is 3. The Bertz CT molecular complexity index is 848. The Morgan fingerprint density at radius 1 is 1.15 bits per heavy atom. The van der Waals surface area contributed by atoms with Gasteiger partial charge in [0.15, 0.2) is 5.96 Å². The number of halogens is 1. The van der Waals surface area contributed by atoms with Gasteiger partial charge in [-0.15, -0.1) is 24.0 Å². The molecule has 1 saturated heterocycles. The fraction of sp³-hybridized carbons (Fsp3) is 0.520. The van der Waals surface area contributed by atoms with Crippen molar-refractivity contribution in [2.45, 2.75) is 46.2 Å². The third-order valence-corrected chi connectivity index (χ3v) is 5.78. The van der Waals surface area contributed by atoms with Gasteiger partial charge in [0.25, 0.3) is 5.91 Å². The van der Waals surface area contributed by atoms with Crippen LogP contribution in [0.5, 0.6) is 0 Å². The molecule has 1 aliphatic rings. The van der Waals surface area contributed by atoms with Crippen LogP contribution in [0.4, 0.5) is 0 Å². The van der Waals surface area contributed by atoms with E-state index in [1.165, 1.54) is 25.9 Å². The van der Waals surface area contributed by atoms with Crippen molar-refractivity contribution in [1.82, 2.24) is 20.9 Å². The van der Waals surface area contributed by atoms with E-state index in [-0.39, 0.29) is 29.9 Å². The van der Waals surface area contributed by atoms with E-state index in [0.29, 0.717) is 18.7 Å². The van der Waals surface area contributed by atoms with Crippen molar-refractivity contribution in [3.63, 3.8) is 0 Å². The van der Waals surface area contributed by atoms with E-state index in [1.54, 1.807) is 6.26 Å². The Kier molecular flexibility index (Phi) is 12.3. The van der Waals surface area contributed by atoms with Gasteiger partial charge < -0.3 is 25.3 Å². The fourth-order valence-electron chi connectivity index (χ4n) is 3.80. The number of piperidine rings is 1. The Labute approximate surface area is 214 Å². The quantitative estimate of drug-likeness (QED) is 0.175. The smallest absolute Gasteiger partial charge is 0.251 e. The maximum Gasteiger partial charge on any atom is 0.251 e. The number of guanidine groups is 1. The Balaban J connectivity index is 0.00000385. The van der Waals surface area contributed by atoms with Gasteiger partial charge >= 0.3 is 0 Å². The molecule has 0 aliphatic carbocycles. The second kappa shape index (κ2) is 15.0. The molecule has 7 nitrogen and oxygen atoms in total. The molecule has 0 spiro atoms. The minimum absolute atomic E-state index is 0. The molecule has 0 radical (unpaired) electrons. The van der Waals surface area contributed by atoms with Gasteiger partial charge in [-0.2, -0.15) is 0 Å². The summed E-state index contributed by atoms with van der Waals surface area (Å²) in [6.07, 6.45) is 5.34. The highest BCUT2D eigenvalue weighted by molar-refractivity contribution is 14.0. The predicted molar refractivity (Wildman–Crippen MR) is 144 cm³/mol. The Hall–Kier alpha value is -2.07. The van der Waals surface area contributed by atoms with Gasteiger partial charge in [-0.1, -0.05) is 19.1 Å². The molecule has 0 unspecified atom stereocenters. The Morgan fingerprint density at radius 2 is 1.97 bits per heavy atom. The summed E-state index contributed by atoms with van der Waals surface area (Å²) in [6, 6.07) is 11.2. The summed E-state index contributed by atoms with van der Waals surface area (Å²) in [4.78, 5) is 19.7. The number of rotatable bonds is 10. The standard InChI is InChI=1S/C25H37N5O2.HI/c1-3-26-25(27-12-6-13-30-14-10-20(2)11-15-30)29-18-21-7-4-8-22(17-21)24(31)28-19-23-9-5-16-32-23;/h4-5,7-9,16-17,20H,3,6,10-15,18-19H2,1-2H3,(H,28,31)(H2,26,27,29);1H. The van der Waals surface area contributed by atoms with Gasteiger partial charge in [-0.3, -0.25) is 4.79 Å². The molecule has 33 heavy (non-hydrogen) atoms. The monoisotopic (exact) mass is 567 g/mol. The molecule has 1 aromatic heterocycles. The maximum atomic E-state index is 12.4. The van der Waals surface area contributed by atoms with Gasteiger partial charge in [-0.25, -0.2) is 4.99 Å². The van der Waals surface area contributed by atoms with E-state index in [9.17, 15) is 4.79 Å². The number of carbonyl (C=O) groups is 1. The number of furan rings is 1. The lowest BCUT2D eigenvalue weighted by Crippen LogP contribution is -2.39. The minimum atomic E-state index is -0.121. The highest BCUT2D eigenvalue weighted by Crippen LogP contribution is 2.15. The van der Waals surface area contributed by atoms with Gasteiger partial charge in [0, 0.05) is 18.7 Å². The molecule has 3 rings (SSSR count). The first-order chi connectivity index (χ1) is 15.6. The zero-order valence-electron chi connectivity index (χ0n) is 19.8. The number of likely N-dealkylation sites (tertiary alicyclic amines) is 1. The van der Waals surface area contributed by atoms with Gasteiger partial charge in [0.05, 0.1) is 19.4 Å². The van der Waals surface area contributed by atoms with Crippen LogP contribution in [-0.2, 0) is 13.1 Å². The van der Waals surface area contributed by atoms with Crippen molar-refractivity contribution in [3.8, 4) is 0 Å². The normalized spacial score (nSPS) is 15.0. The number of aliphatic imine (C=N–C) groups is 1. The van der Waals surface area contributed by atoms with Crippen LogP contribution < -0.4 is 16.0 Å². The summed E-state index contributed by atoms with van der Waals surface area (Å²) in [5.74, 6) is 2.30. The molecular weight excluding hydrogens is 529 g/mol. The lowest BCUT2D eigenvalue weighted by Gasteiger charge is -2.30. The van der Waals surface area contributed by atoms with Gasteiger partial charge in [0.2, 0.25) is 0 Å². The zero-order chi connectivity index (χ0) is 22.6. The molecule has 3 N–H and O–H groups in total. The summed E-state index contributed by atoms with van der Waals surface area (Å²) in [6.45, 7) is 10.6. The van der Waals surface area contributed by atoms with Crippen LogP contribution in [0.25, 0.3) is 0 Å².